The smallest absolute Gasteiger partial charge is 0.247 e. The van der Waals surface area contributed by atoms with Crippen LogP contribution in [0.1, 0.15) is 61.3 Å². The van der Waals surface area contributed by atoms with Crippen molar-refractivity contribution in [2.45, 2.75) is 79.1 Å². The van der Waals surface area contributed by atoms with E-state index in [2.05, 4.69) is 25.2 Å². The van der Waals surface area contributed by atoms with Gasteiger partial charge in [0.1, 0.15) is 11.7 Å². The van der Waals surface area contributed by atoms with E-state index in [4.69, 9.17) is 0 Å². The third-order valence-electron chi connectivity index (χ3n) is 5.59. The van der Waals surface area contributed by atoms with Gasteiger partial charge in [-0.2, -0.15) is 0 Å². The fourth-order valence-corrected chi connectivity index (χ4v) is 3.39. The van der Waals surface area contributed by atoms with Crippen molar-refractivity contribution in [2.24, 2.45) is 5.92 Å². The largest absolute Gasteiger partial charge is 0.386 e. The molecule has 0 aromatic rings. The van der Waals surface area contributed by atoms with Gasteiger partial charge in [-0.25, -0.2) is 0 Å². The van der Waals surface area contributed by atoms with Crippen molar-refractivity contribution in [2.75, 3.05) is 0 Å². The summed E-state index contributed by atoms with van der Waals surface area (Å²) >= 11 is 0. The van der Waals surface area contributed by atoms with Crippen LogP contribution in [0.3, 0.4) is 0 Å². The Morgan fingerprint density at radius 2 is 1.64 bits per heavy atom. The summed E-state index contributed by atoms with van der Waals surface area (Å²) in [5, 5.41) is 24.1. The Labute approximate surface area is 218 Å². The van der Waals surface area contributed by atoms with Crippen LogP contribution in [0.4, 0.5) is 0 Å². The molecule has 1 heterocycles. The van der Waals surface area contributed by atoms with Crippen molar-refractivity contribution >= 4 is 5.91 Å². The summed E-state index contributed by atoms with van der Waals surface area (Å²) in [5.74, 6) is 0.323. The van der Waals surface area contributed by atoms with E-state index in [0.717, 1.165) is 28.7 Å². The standard InChI is InChI=1S/C32H45NO3/c1-24(2)22-29-23-27(5)15-9-8-12-21-32(7,36)30(34)18-11-10-14-25(3)16-13-17-26(4)19-20-28(6)33-31(29)35/h8-19,21,23-24,28,30,34,36H,20,22H2,1-7H3,(H,33,35)/b9-8+,14-10+,17-13+,18-11+,21-12+,25-16-,26-19-,27-15-,29-23-/t28-,30-,32+/m0/s1. The molecule has 1 rings (SSSR count). The molecule has 196 valence electrons. The Morgan fingerprint density at radius 1 is 0.972 bits per heavy atom. The van der Waals surface area contributed by atoms with Crippen molar-refractivity contribution in [1.82, 2.24) is 5.32 Å². The minimum Gasteiger partial charge on any atom is -0.386 e. The maximum atomic E-state index is 13.0. The molecule has 0 unspecified atom stereocenters. The highest BCUT2D eigenvalue weighted by Crippen LogP contribution is 2.16. The molecule has 0 saturated carbocycles. The lowest BCUT2D eigenvalue weighted by atomic mass is 9.98. The van der Waals surface area contributed by atoms with Crippen LogP contribution >= 0.6 is 0 Å². The zero-order valence-corrected chi connectivity index (χ0v) is 23.0. The molecule has 1 aliphatic heterocycles. The molecule has 36 heavy (non-hydrogen) atoms. The molecule has 4 nitrogen and oxygen atoms in total. The molecule has 0 bridgehead atoms. The molecule has 3 atom stereocenters. The number of carbonyl (C=O) groups excluding carboxylic acids is 1. The summed E-state index contributed by atoms with van der Waals surface area (Å²) in [7, 11) is 0. The molecule has 0 fully saturated rings. The maximum Gasteiger partial charge on any atom is 0.247 e. The van der Waals surface area contributed by atoms with Crippen molar-refractivity contribution < 1.29 is 15.0 Å². The lowest BCUT2D eigenvalue weighted by Crippen LogP contribution is -2.35. The van der Waals surface area contributed by atoms with Gasteiger partial charge in [0.2, 0.25) is 5.91 Å². The first kappa shape index (κ1) is 31.1. The molecule has 4 heteroatoms. The summed E-state index contributed by atoms with van der Waals surface area (Å²) in [6.45, 7) is 13.8. The Balaban J connectivity index is 3.28. The van der Waals surface area contributed by atoms with Crippen LogP contribution in [0.2, 0.25) is 0 Å². The van der Waals surface area contributed by atoms with Gasteiger partial charge in [-0.3, -0.25) is 4.79 Å². The lowest BCUT2D eigenvalue weighted by molar-refractivity contribution is -0.118. The number of amides is 1. The fraction of sp³-hybridized carbons (Fsp3) is 0.406. The van der Waals surface area contributed by atoms with Crippen molar-refractivity contribution in [3.8, 4) is 0 Å². The van der Waals surface area contributed by atoms with Gasteiger partial charge in [0.05, 0.1) is 0 Å². The normalized spacial score (nSPS) is 35.8. The van der Waals surface area contributed by atoms with Crippen LogP contribution < -0.4 is 5.32 Å². The van der Waals surface area contributed by atoms with Crippen molar-refractivity contribution in [1.29, 1.82) is 0 Å². The summed E-state index contributed by atoms with van der Waals surface area (Å²) in [4.78, 5) is 13.0. The highest BCUT2D eigenvalue weighted by Gasteiger charge is 2.24. The Morgan fingerprint density at radius 3 is 2.33 bits per heavy atom. The third-order valence-corrected chi connectivity index (χ3v) is 5.59. The van der Waals surface area contributed by atoms with E-state index in [-0.39, 0.29) is 11.9 Å². The van der Waals surface area contributed by atoms with Gasteiger partial charge in [0.15, 0.2) is 0 Å². The van der Waals surface area contributed by atoms with Crippen molar-refractivity contribution in [3.63, 3.8) is 0 Å². The number of hydrogen-bond acceptors (Lipinski definition) is 3. The Bertz CT molecular complexity index is 994. The van der Waals surface area contributed by atoms with Crippen LogP contribution in [0, 0.1) is 5.92 Å². The SMILES string of the molecule is CC1=C/C=C/C=C/[C@@](C)(O)[C@@H](O)/C=C/C=C/C(C)=C\C=C\C(C)=C/C[C@H](C)NC(=O)/C(CC(C)C)=C\1. The molecule has 0 aliphatic carbocycles. The fourth-order valence-electron chi connectivity index (χ4n) is 3.39. The number of rotatable bonds is 2. The number of nitrogens with one attached hydrogen (secondary N) is 1. The van der Waals surface area contributed by atoms with E-state index in [1.807, 2.05) is 76.3 Å². The second kappa shape index (κ2) is 15.9. The van der Waals surface area contributed by atoms with E-state index in [1.165, 1.54) is 0 Å². The number of aliphatic hydroxyl groups excluding tert-OH is 1. The molecule has 0 radical (unpaired) electrons. The predicted octanol–water partition coefficient (Wildman–Crippen LogP) is 6.60. The van der Waals surface area contributed by atoms with Gasteiger partial charge in [0, 0.05) is 11.6 Å². The summed E-state index contributed by atoms with van der Waals surface area (Å²) in [5.41, 5.74) is 2.49. The van der Waals surface area contributed by atoms with E-state index in [1.54, 1.807) is 37.3 Å². The number of allylic oxidation sites excluding steroid dienone is 14. The first-order valence-corrected chi connectivity index (χ1v) is 12.7. The van der Waals surface area contributed by atoms with Crippen molar-refractivity contribution in [3.05, 3.63) is 107 Å². The molecule has 0 aromatic carbocycles. The van der Waals surface area contributed by atoms with Gasteiger partial charge in [0.25, 0.3) is 0 Å². The highest BCUT2D eigenvalue weighted by molar-refractivity contribution is 5.94. The number of carbonyl (C=O) groups is 1. The minimum absolute atomic E-state index is 0.0198. The predicted molar refractivity (Wildman–Crippen MR) is 153 cm³/mol. The molecule has 3 N–H and O–H groups in total. The average molecular weight is 492 g/mol. The Kier molecular flexibility index (Phi) is 13.7. The molecular weight excluding hydrogens is 446 g/mol. The van der Waals surface area contributed by atoms with Gasteiger partial charge < -0.3 is 15.5 Å². The van der Waals surface area contributed by atoms with Crippen LogP contribution in [-0.4, -0.2) is 33.9 Å². The van der Waals surface area contributed by atoms with E-state index in [9.17, 15) is 15.0 Å². The van der Waals surface area contributed by atoms with Gasteiger partial charge in [-0.15, -0.1) is 0 Å². The topological polar surface area (TPSA) is 69.6 Å². The van der Waals surface area contributed by atoms with E-state index < -0.39 is 11.7 Å². The quantitative estimate of drug-likeness (QED) is 0.408. The van der Waals surface area contributed by atoms with Crippen LogP contribution in [0.5, 0.6) is 0 Å². The van der Waals surface area contributed by atoms with E-state index in [0.29, 0.717) is 12.3 Å². The zero-order chi connectivity index (χ0) is 27.1. The first-order chi connectivity index (χ1) is 16.9. The van der Waals surface area contributed by atoms with Gasteiger partial charge >= 0.3 is 0 Å². The molecule has 0 saturated heterocycles. The molecule has 0 aromatic heterocycles. The maximum absolute atomic E-state index is 13.0. The van der Waals surface area contributed by atoms with Crippen LogP contribution in [0.25, 0.3) is 0 Å². The van der Waals surface area contributed by atoms with Crippen LogP contribution in [0.15, 0.2) is 107 Å². The monoisotopic (exact) mass is 491 g/mol. The Hall–Kier alpha value is -2.95. The zero-order valence-electron chi connectivity index (χ0n) is 23.0. The number of aliphatic hydroxyl groups is 2. The van der Waals surface area contributed by atoms with Gasteiger partial charge in [-0.1, -0.05) is 116 Å². The minimum atomic E-state index is -1.40. The summed E-state index contributed by atoms with van der Waals surface area (Å²) in [6, 6.07) is 0.0198. The average Bonchev–Trinajstić information content (AvgIpc) is 2.78. The second-order valence-electron chi connectivity index (χ2n) is 10.2. The molecule has 1 amide bonds. The summed E-state index contributed by atoms with van der Waals surface area (Å²) in [6.07, 6.45) is 26.4. The molecule has 0 spiro atoms. The lowest BCUT2D eigenvalue weighted by Gasteiger charge is -2.22. The van der Waals surface area contributed by atoms with Crippen LogP contribution in [-0.2, 0) is 4.79 Å². The second-order valence-corrected chi connectivity index (χ2v) is 10.2. The highest BCUT2D eigenvalue weighted by atomic mass is 16.3. The third kappa shape index (κ3) is 13.2. The summed E-state index contributed by atoms with van der Waals surface area (Å²) < 4.78 is 0. The molecule has 1 aliphatic rings. The van der Waals surface area contributed by atoms with E-state index >= 15 is 0 Å². The molecular formula is C32H45NO3. The first-order valence-electron chi connectivity index (χ1n) is 12.7. The number of hydrogen-bond donors (Lipinski definition) is 3. The van der Waals surface area contributed by atoms with Gasteiger partial charge in [-0.05, 0) is 53.4 Å².